The zero-order valence-corrected chi connectivity index (χ0v) is 13.8. The normalized spacial score (nSPS) is 10.2. The third-order valence-corrected chi connectivity index (χ3v) is 4.04. The summed E-state index contributed by atoms with van der Waals surface area (Å²) >= 11 is 2.22. The van der Waals surface area contributed by atoms with Crippen molar-refractivity contribution in [1.29, 1.82) is 5.26 Å². The van der Waals surface area contributed by atoms with Crippen molar-refractivity contribution in [3.63, 3.8) is 0 Å². The summed E-state index contributed by atoms with van der Waals surface area (Å²) in [7, 11) is 0. The minimum atomic E-state index is 0.522. The molecule has 2 aromatic carbocycles. The molecule has 22 heavy (non-hydrogen) atoms. The molecule has 0 radical (unpaired) electrons. The summed E-state index contributed by atoms with van der Waals surface area (Å²) < 4.78 is 8.91. The number of benzene rings is 2. The molecule has 0 fully saturated rings. The Morgan fingerprint density at radius 2 is 2.05 bits per heavy atom. The largest absolute Gasteiger partial charge is 0.455 e. The summed E-state index contributed by atoms with van der Waals surface area (Å²) in [5.41, 5.74) is 1.58. The maximum absolute atomic E-state index is 9.27. The van der Waals surface area contributed by atoms with Crippen LogP contribution in [0, 0.1) is 14.9 Å². The van der Waals surface area contributed by atoms with E-state index in [2.05, 4.69) is 33.6 Å². The van der Waals surface area contributed by atoms with E-state index in [0.29, 0.717) is 17.9 Å². The zero-order chi connectivity index (χ0) is 15.4. The van der Waals surface area contributed by atoms with Crippen LogP contribution in [0.4, 0.5) is 0 Å². The van der Waals surface area contributed by atoms with Crippen LogP contribution in [-0.4, -0.2) is 9.55 Å². The van der Waals surface area contributed by atoms with Gasteiger partial charge in [0.2, 0.25) is 0 Å². The molecule has 108 valence electrons. The zero-order valence-electron chi connectivity index (χ0n) is 11.6. The molecular formula is C17H12IN3O. The van der Waals surface area contributed by atoms with Crippen LogP contribution in [0.25, 0.3) is 0 Å². The van der Waals surface area contributed by atoms with Crippen LogP contribution in [-0.2, 0) is 6.54 Å². The van der Waals surface area contributed by atoms with Gasteiger partial charge in [-0.3, -0.25) is 0 Å². The molecular weight excluding hydrogens is 389 g/mol. The third kappa shape index (κ3) is 3.28. The number of imidazole rings is 1. The second-order valence-electron chi connectivity index (χ2n) is 4.71. The molecule has 4 nitrogen and oxygen atoms in total. The molecule has 0 aliphatic rings. The average Bonchev–Trinajstić information content (AvgIpc) is 3.03. The van der Waals surface area contributed by atoms with E-state index >= 15 is 0 Å². The quantitative estimate of drug-likeness (QED) is 0.616. The highest BCUT2D eigenvalue weighted by molar-refractivity contribution is 14.1. The van der Waals surface area contributed by atoms with E-state index in [1.165, 1.54) is 0 Å². The van der Waals surface area contributed by atoms with Crippen molar-refractivity contribution in [2.45, 2.75) is 6.54 Å². The maximum atomic E-state index is 9.27. The SMILES string of the molecule is N#Cc1ccc(Cn2ccnc2)cc1Oc1ccccc1I. The molecule has 1 aromatic heterocycles. The van der Waals surface area contributed by atoms with Gasteiger partial charge >= 0.3 is 0 Å². The van der Waals surface area contributed by atoms with Crippen LogP contribution in [0.5, 0.6) is 11.5 Å². The molecule has 0 amide bonds. The van der Waals surface area contributed by atoms with Gasteiger partial charge in [-0.15, -0.1) is 0 Å². The molecule has 0 saturated heterocycles. The van der Waals surface area contributed by atoms with Crippen molar-refractivity contribution in [3.8, 4) is 17.6 Å². The summed E-state index contributed by atoms with van der Waals surface area (Å²) in [5.74, 6) is 1.32. The third-order valence-electron chi connectivity index (χ3n) is 3.15. The van der Waals surface area contributed by atoms with E-state index < -0.39 is 0 Å². The summed E-state index contributed by atoms with van der Waals surface area (Å²) in [5, 5.41) is 9.27. The lowest BCUT2D eigenvalue weighted by atomic mass is 10.1. The molecule has 3 rings (SSSR count). The molecule has 5 heteroatoms. The van der Waals surface area contributed by atoms with Crippen molar-refractivity contribution < 1.29 is 4.74 Å². The van der Waals surface area contributed by atoms with Gasteiger partial charge in [0.05, 0.1) is 15.5 Å². The molecule has 0 bridgehead atoms. The van der Waals surface area contributed by atoms with Crippen molar-refractivity contribution >= 4 is 22.6 Å². The van der Waals surface area contributed by atoms with E-state index in [0.717, 1.165) is 14.9 Å². The number of hydrogen-bond donors (Lipinski definition) is 0. The highest BCUT2D eigenvalue weighted by atomic mass is 127. The monoisotopic (exact) mass is 401 g/mol. The van der Waals surface area contributed by atoms with Gasteiger partial charge in [-0.2, -0.15) is 5.26 Å². The molecule has 1 heterocycles. The van der Waals surface area contributed by atoms with E-state index in [1.807, 2.05) is 47.2 Å². The highest BCUT2D eigenvalue weighted by Gasteiger charge is 2.08. The molecule has 0 N–H and O–H groups in total. The van der Waals surface area contributed by atoms with Gasteiger partial charge in [0.1, 0.15) is 17.6 Å². The van der Waals surface area contributed by atoms with Gasteiger partial charge in [0.15, 0.2) is 0 Å². The van der Waals surface area contributed by atoms with Crippen molar-refractivity contribution in [1.82, 2.24) is 9.55 Å². The number of hydrogen-bond acceptors (Lipinski definition) is 3. The predicted octanol–water partition coefficient (Wildman–Crippen LogP) is 4.20. The van der Waals surface area contributed by atoms with Gasteiger partial charge in [0, 0.05) is 18.9 Å². The van der Waals surface area contributed by atoms with Gasteiger partial charge in [-0.05, 0) is 52.4 Å². The average molecular weight is 401 g/mol. The first-order valence-electron chi connectivity index (χ1n) is 6.67. The fraction of sp³-hybridized carbons (Fsp3) is 0.0588. The number of halogens is 1. The number of para-hydroxylation sites is 1. The Morgan fingerprint density at radius 3 is 2.77 bits per heavy atom. The highest BCUT2D eigenvalue weighted by Crippen LogP contribution is 2.29. The Bertz CT molecular complexity index is 822. The Kier molecular flexibility index (Phi) is 4.39. The molecule has 0 saturated carbocycles. The van der Waals surface area contributed by atoms with E-state index in [4.69, 9.17) is 4.74 Å². The van der Waals surface area contributed by atoms with Crippen molar-refractivity contribution in [2.24, 2.45) is 0 Å². The van der Waals surface area contributed by atoms with E-state index in [-0.39, 0.29) is 0 Å². The second kappa shape index (κ2) is 6.62. The Labute approximate surface area is 142 Å². The Morgan fingerprint density at radius 1 is 1.18 bits per heavy atom. The summed E-state index contributed by atoms with van der Waals surface area (Å²) in [6, 6.07) is 15.5. The van der Waals surface area contributed by atoms with Crippen LogP contribution in [0.15, 0.2) is 61.2 Å². The molecule has 0 spiro atoms. The fourth-order valence-corrected chi connectivity index (χ4v) is 2.58. The van der Waals surface area contributed by atoms with Crippen LogP contribution < -0.4 is 4.74 Å². The summed E-state index contributed by atoms with van der Waals surface area (Å²) in [4.78, 5) is 4.03. The smallest absolute Gasteiger partial charge is 0.145 e. The van der Waals surface area contributed by atoms with Crippen LogP contribution in [0.1, 0.15) is 11.1 Å². The van der Waals surface area contributed by atoms with Gasteiger partial charge < -0.3 is 9.30 Å². The van der Waals surface area contributed by atoms with Crippen LogP contribution in [0.3, 0.4) is 0 Å². The van der Waals surface area contributed by atoms with Crippen molar-refractivity contribution in [2.75, 3.05) is 0 Å². The maximum Gasteiger partial charge on any atom is 0.145 e. The van der Waals surface area contributed by atoms with E-state index in [9.17, 15) is 5.26 Å². The standard InChI is InChI=1S/C17H12IN3O/c18-15-3-1-2-4-16(15)22-17-9-13(5-6-14(17)10-19)11-21-8-7-20-12-21/h1-9,12H,11H2. The molecule has 0 unspecified atom stereocenters. The topological polar surface area (TPSA) is 50.8 Å². The first kappa shape index (κ1) is 14.6. The van der Waals surface area contributed by atoms with Crippen molar-refractivity contribution in [3.05, 3.63) is 75.9 Å². The number of rotatable bonds is 4. The molecule has 0 aliphatic carbocycles. The number of aromatic nitrogens is 2. The lowest BCUT2D eigenvalue weighted by Crippen LogP contribution is -1.98. The Hall–Kier alpha value is -2.33. The number of ether oxygens (including phenoxy) is 1. The van der Waals surface area contributed by atoms with Gasteiger partial charge in [-0.25, -0.2) is 4.98 Å². The van der Waals surface area contributed by atoms with Crippen LogP contribution in [0.2, 0.25) is 0 Å². The lowest BCUT2D eigenvalue weighted by Gasteiger charge is -2.11. The van der Waals surface area contributed by atoms with Crippen LogP contribution >= 0.6 is 22.6 Å². The Balaban J connectivity index is 1.92. The van der Waals surface area contributed by atoms with E-state index in [1.54, 1.807) is 18.6 Å². The minimum absolute atomic E-state index is 0.522. The molecule has 0 atom stereocenters. The second-order valence-corrected chi connectivity index (χ2v) is 5.87. The lowest BCUT2D eigenvalue weighted by molar-refractivity contribution is 0.476. The number of nitrogens with zero attached hydrogens (tertiary/aromatic N) is 3. The summed E-state index contributed by atoms with van der Waals surface area (Å²) in [6.45, 7) is 0.688. The minimum Gasteiger partial charge on any atom is -0.455 e. The van der Waals surface area contributed by atoms with Gasteiger partial charge in [-0.1, -0.05) is 18.2 Å². The molecule has 0 aliphatic heterocycles. The first-order valence-corrected chi connectivity index (χ1v) is 7.75. The first-order chi connectivity index (χ1) is 10.8. The predicted molar refractivity (Wildman–Crippen MR) is 91.7 cm³/mol. The summed E-state index contributed by atoms with van der Waals surface area (Å²) in [6.07, 6.45) is 5.41. The fourth-order valence-electron chi connectivity index (χ4n) is 2.08. The van der Waals surface area contributed by atoms with Gasteiger partial charge in [0.25, 0.3) is 0 Å². The number of nitriles is 1. The molecule has 3 aromatic rings.